The van der Waals surface area contributed by atoms with E-state index in [2.05, 4.69) is 17.4 Å². The van der Waals surface area contributed by atoms with Crippen LogP contribution in [0.5, 0.6) is 0 Å². The topological polar surface area (TPSA) is 41.6 Å². The molecule has 0 radical (unpaired) electrons. The summed E-state index contributed by atoms with van der Waals surface area (Å²) in [5.41, 5.74) is 1.98. The Morgan fingerprint density at radius 1 is 1.27 bits per heavy atom. The van der Waals surface area contributed by atoms with Crippen LogP contribution in [0.4, 0.5) is 5.69 Å². The Hall–Kier alpha value is -1.39. The molecule has 1 saturated heterocycles. The summed E-state index contributed by atoms with van der Waals surface area (Å²) < 4.78 is 6.26. The Morgan fingerprint density at radius 3 is 2.86 bits per heavy atom. The smallest absolute Gasteiger partial charge is 0.230 e. The molecule has 2 aliphatic heterocycles. The van der Waals surface area contributed by atoms with Crippen LogP contribution in [0.3, 0.4) is 0 Å². The van der Waals surface area contributed by atoms with E-state index in [0.717, 1.165) is 43.6 Å². The molecule has 1 aliphatic carbocycles. The SMILES string of the molecule is O=C(C1CCCC1)N1CC2(CCNC2)OCc2ccccc21. The van der Waals surface area contributed by atoms with Crippen LogP contribution in [0.1, 0.15) is 37.7 Å². The van der Waals surface area contributed by atoms with Crippen molar-refractivity contribution in [1.82, 2.24) is 5.32 Å². The summed E-state index contributed by atoms with van der Waals surface area (Å²) in [4.78, 5) is 15.1. The molecule has 1 aromatic carbocycles. The Labute approximate surface area is 131 Å². The van der Waals surface area contributed by atoms with E-state index in [-0.39, 0.29) is 11.5 Å². The largest absolute Gasteiger partial charge is 0.367 e. The molecule has 22 heavy (non-hydrogen) atoms. The fraction of sp³-hybridized carbons (Fsp3) is 0.611. The number of nitrogens with zero attached hydrogens (tertiary/aromatic N) is 1. The standard InChI is InChI=1S/C18H24N2O2/c21-17(14-5-1-2-6-14)20-13-18(9-10-19-12-18)22-11-15-7-3-4-8-16(15)20/h3-4,7-8,14,19H,1-2,5-6,9-13H2. The number of anilines is 1. The summed E-state index contributed by atoms with van der Waals surface area (Å²) in [6.07, 6.45) is 5.45. The van der Waals surface area contributed by atoms with Crippen LogP contribution < -0.4 is 10.2 Å². The molecular weight excluding hydrogens is 276 g/mol. The number of carbonyl (C=O) groups is 1. The highest BCUT2D eigenvalue weighted by Crippen LogP contribution is 2.36. The molecule has 1 amide bonds. The molecule has 1 atom stereocenters. The number of hydrogen-bond acceptors (Lipinski definition) is 3. The highest BCUT2D eigenvalue weighted by Gasteiger charge is 2.42. The van der Waals surface area contributed by atoms with Gasteiger partial charge >= 0.3 is 0 Å². The number of hydrogen-bond donors (Lipinski definition) is 1. The second-order valence-electron chi connectivity index (χ2n) is 6.93. The molecule has 4 nitrogen and oxygen atoms in total. The Balaban J connectivity index is 1.69. The summed E-state index contributed by atoms with van der Waals surface area (Å²) in [6, 6.07) is 8.22. The van der Waals surface area contributed by atoms with Crippen molar-refractivity contribution in [3.63, 3.8) is 0 Å². The molecule has 1 saturated carbocycles. The molecule has 1 spiro atoms. The van der Waals surface area contributed by atoms with Gasteiger partial charge in [-0.25, -0.2) is 0 Å². The second kappa shape index (κ2) is 5.67. The van der Waals surface area contributed by atoms with Crippen LogP contribution in [-0.4, -0.2) is 31.1 Å². The van der Waals surface area contributed by atoms with Crippen molar-refractivity contribution < 1.29 is 9.53 Å². The van der Waals surface area contributed by atoms with E-state index < -0.39 is 0 Å². The molecule has 2 fully saturated rings. The van der Waals surface area contributed by atoms with E-state index >= 15 is 0 Å². The number of carbonyl (C=O) groups excluding carboxylic acids is 1. The lowest BCUT2D eigenvalue weighted by atomic mass is 9.99. The van der Waals surface area contributed by atoms with Gasteiger partial charge in [-0.2, -0.15) is 0 Å². The lowest BCUT2D eigenvalue weighted by Crippen LogP contribution is -2.49. The van der Waals surface area contributed by atoms with Crippen molar-refractivity contribution in [2.24, 2.45) is 5.92 Å². The van der Waals surface area contributed by atoms with Gasteiger partial charge in [0.15, 0.2) is 0 Å². The number of nitrogens with one attached hydrogen (secondary N) is 1. The third-order valence-corrected chi connectivity index (χ3v) is 5.44. The number of amides is 1. The van der Waals surface area contributed by atoms with Gasteiger partial charge in [-0.3, -0.25) is 4.79 Å². The van der Waals surface area contributed by atoms with E-state index in [0.29, 0.717) is 19.1 Å². The summed E-state index contributed by atoms with van der Waals surface area (Å²) in [5.74, 6) is 0.513. The zero-order valence-electron chi connectivity index (χ0n) is 13.0. The number of rotatable bonds is 1. The number of ether oxygens (including phenoxy) is 1. The zero-order chi connectivity index (χ0) is 15.0. The predicted octanol–water partition coefficient (Wildman–Crippen LogP) is 2.47. The van der Waals surface area contributed by atoms with Gasteiger partial charge < -0.3 is 15.0 Å². The molecule has 4 rings (SSSR count). The summed E-state index contributed by atoms with van der Waals surface area (Å²) in [6.45, 7) is 3.11. The molecule has 1 unspecified atom stereocenters. The molecular formula is C18H24N2O2. The normalized spacial score (nSPS) is 28.8. The van der Waals surface area contributed by atoms with Crippen molar-refractivity contribution >= 4 is 11.6 Å². The maximum Gasteiger partial charge on any atom is 0.230 e. The van der Waals surface area contributed by atoms with Crippen LogP contribution in [0.25, 0.3) is 0 Å². The van der Waals surface area contributed by atoms with Crippen molar-refractivity contribution in [2.45, 2.75) is 44.3 Å². The Morgan fingerprint density at radius 2 is 2.09 bits per heavy atom. The van der Waals surface area contributed by atoms with Crippen LogP contribution in [0.15, 0.2) is 24.3 Å². The first-order valence-corrected chi connectivity index (χ1v) is 8.51. The third kappa shape index (κ3) is 2.44. The lowest BCUT2D eigenvalue weighted by Gasteiger charge is -2.33. The highest BCUT2D eigenvalue weighted by molar-refractivity contribution is 5.96. The molecule has 0 bridgehead atoms. The number of para-hydroxylation sites is 1. The predicted molar refractivity (Wildman–Crippen MR) is 85.8 cm³/mol. The van der Waals surface area contributed by atoms with Gasteiger partial charge in [0, 0.05) is 23.7 Å². The van der Waals surface area contributed by atoms with E-state index in [9.17, 15) is 4.79 Å². The van der Waals surface area contributed by atoms with Crippen molar-refractivity contribution in [1.29, 1.82) is 0 Å². The average Bonchev–Trinajstić information content (AvgIpc) is 3.20. The van der Waals surface area contributed by atoms with Gasteiger partial charge in [-0.1, -0.05) is 31.0 Å². The number of fused-ring (bicyclic) bond motifs is 1. The quantitative estimate of drug-likeness (QED) is 0.866. The first kappa shape index (κ1) is 14.2. The van der Waals surface area contributed by atoms with Gasteiger partial charge in [0.2, 0.25) is 5.91 Å². The zero-order valence-corrected chi connectivity index (χ0v) is 13.0. The molecule has 2 heterocycles. The fourth-order valence-electron chi connectivity index (χ4n) is 4.11. The van der Waals surface area contributed by atoms with Gasteiger partial charge in [-0.05, 0) is 31.9 Å². The first-order valence-electron chi connectivity index (χ1n) is 8.51. The van der Waals surface area contributed by atoms with Crippen LogP contribution >= 0.6 is 0 Å². The van der Waals surface area contributed by atoms with Gasteiger partial charge in [-0.15, -0.1) is 0 Å². The molecule has 1 aromatic rings. The molecule has 4 heteroatoms. The van der Waals surface area contributed by atoms with E-state index in [1.54, 1.807) is 0 Å². The summed E-state index contributed by atoms with van der Waals surface area (Å²) in [7, 11) is 0. The maximum absolute atomic E-state index is 13.1. The van der Waals surface area contributed by atoms with E-state index in [4.69, 9.17) is 4.74 Å². The van der Waals surface area contributed by atoms with E-state index in [1.807, 2.05) is 17.0 Å². The second-order valence-corrected chi connectivity index (χ2v) is 6.93. The van der Waals surface area contributed by atoms with Crippen molar-refractivity contribution in [3.05, 3.63) is 29.8 Å². The molecule has 0 aromatic heterocycles. The minimum atomic E-state index is -0.215. The molecule has 118 valence electrons. The molecule has 1 N–H and O–H groups in total. The van der Waals surface area contributed by atoms with Crippen LogP contribution in [-0.2, 0) is 16.1 Å². The Bertz CT molecular complexity index is 560. The van der Waals surface area contributed by atoms with Crippen LogP contribution in [0.2, 0.25) is 0 Å². The minimum Gasteiger partial charge on any atom is -0.367 e. The first-order chi connectivity index (χ1) is 10.8. The summed E-state index contributed by atoms with van der Waals surface area (Å²) in [5, 5.41) is 3.40. The fourth-order valence-corrected chi connectivity index (χ4v) is 4.11. The summed E-state index contributed by atoms with van der Waals surface area (Å²) >= 11 is 0. The lowest BCUT2D eigenvalue weighted by molar-refractivity contribution is -0.123. The highest BCUT2D eigenvalue weighted by atomic mass is 16.5. The average molecular weight is 300 g/mol. The minimum absolute atomic E-state index is 0.206. The van der Waals surface area contributed by atoms with Crippen molar-refractivity contribution in [2.75, 3.05) is 24.5 Å². The van der Waals surface area contributed by atoms with Crippen LogP contribution in [0, 0.1) is 5.92 Å². The van der Waals surface area contributed by atoms with Gasteiger partial charge in [0.1, 0.15) is 5.60 Å². The monoisotopic (exact) mass is 300 g/mol. The Kier molecular flexibility index (Phi) is 3.66. The van der Waals surface area contributed by atoms with Gasteiger partial charge in [0.05, 0.1) is 13.2 Å². The van der Waals surface area contributed by atoms with Crippen molar-refractivity contribution in [3.8, 4) is 0 Å². The third-order valence-electron chi connectivity index (χ3n) is 5.44. The maximum atomic E-state index is 13.1. The van der Waals surface area contributed by atoms with Gasteiger partial charge in [0.25, 0.3) is 0 Å². The number of benzene rings is 1. The van der Waals surface area contributed by atoms with E-state index in [1.165, 1.54) is 12.8 Å². The molecule has 3 aliphatic rings.